The van der Waals surface area contributed by atoms with Crippen LogP contribution < -0.4 is 5.32 Å². The van der Waals surface area contributed by atoms with Gasteiger partial charge in [-0.25, -0.2) is 4.98 Å². The predicted octanol–water partition coefficient (Wildman–Crippen LogP) is 2.29. The highest BCUT2D eigenvalue weighted by molar-refractivity contribution is 5.97. The van der Waals surface area contributed by atoms with Crippen molar-refractivity contribution in [3.8, 4) is 0 Å². The number of carbonyl (C=O) groups is 2. The number of aromatic nitrogens is 3. The lowest BCUT2D eigenvalue weighted by Crippen LogP contribution is -2.37. The van der Waals surface area contributed by atoms with E-state index in [1.807, 2.05) is 14.0 Å². The van der Waals surface area contributed by atoms with Crippen LogP contribution in [0, 0.1) is 18.8 Å². The number of pyridine rings is 1. The molecule has 0 bridgehead atoms. The number of hydrogen-bond acceptors (Lipinski definition) is 4. The molecular weight excluding hydrogens is 320 g/mol. The van der Waals surface area contributed by atoms with Gasteiger partial charge < -0.3 is 10.4 Å². The summed E-state index contributed by atoms with van der Waals surface area (Å²) in [6.07, 6.45) is 6.68. The van der Waals surface area contributed by atoms with Gasteiger partial charge in [0.1, 0.15) is 0 Å². The molecule has 0 spiro atoms. The summed E-state index contributed by atoms with van der Waals surface area (Å²) in [6.45, 7) is 2.03. The number of nitrogens with one attached hydrogen (secondary N) is 1. The number of hydrogen-bond donors (Lipinski definition) is 2. The second-order valence-corrected chi connectivity index (χ2v) is 6.86. The van der Waals surface area contributed by atoms with Crippen molar-refractivity contribution in [1.29, 1.82) is 0 Å². The van der Waals surface area contributed by atoms with Gasteiger partial charge in [-0.1, -0.05) is 19.3 Å². The quantitative estimate of drug-likeness (QED) is 0.867. The first kappa shape index (κ1) is 17.4. The summed E-state index contributed by atoms with van der Waals surface area (Å²) < 4.78 is 1.68. The molecule has 1 atom stereocenters. The molecule has 1 amide bonds. The second kappa shape index (κ2) is 7.21. The summed E-state index contributed by atoms with van der Waals surface area (Å²) in [5.74, 6) is -1.50. The van der Waals surface area contributed by atoms with E-state index in [0.717, 1.165) is 42.4 Å². The van der Waals surface area contributed by atoms with Crippen molar-refractivity contribution in [2.24, 2.45) is 18.9 Å². The average Bonchev–Trinajstić information content (AvgIpc) is 2.89. The van der Waals surface area contributed by atoms with Crippen molar-refractivity contribution in [3.63, 3.8) is 0 Å². The Balaban J connectivity index is 1.70. The molecule has 0 aliphatic heterocycles. The van der Waals surface area contributed by atoms with Gasteiger partial charge in [0.2, 0.25) is 0 Å². The number of nitrogens with zero attached hydrogens (tertiary/aromatic N) is 3. The zero-order chi connectivity index (χ0) is 18.0. The fourth-order valence-electron chi connectivity index (χ4n) is 3.73. The van der Waals surface area contributed by atoms with Gasteiger partial charge in [-0.05, 0) is 31.7 Å². The van der Waals surface area contributed by atoms with Crippen LogP contribution in [-0.4, -0.2) is 38.3 Å². The van der Waals surface area contributed by atoms with Gasteiger partial charge in [0.05, 0.1) is 17.2 Å². The number of carboxylic acids is 1. The summed E-state index contributed by atoms with van der Waals surface area (Å²) in [6, 6.07) is 1.76. The van der Waals surface area contributed by atoms with Gasteiger partial charge in [-0.2, -0.15) is 5.10 Å². The topological polar surface area (TPSA) is 97.1 Å². The molecule has 2 heterocycles. The van der Waals surface area contributed by atoms with Crippen molar-refractivity contribution in [2.75, 3.05) is 6.54 Å². The van der Waals surface area contributed by atoms with Crippen LogP contribution in [0.25, 0.3) is 11.0 Å². The average molecular weight is 344 g/mol. The smallest absolute Gasteiger partial charge is 0.308 e. The minimum absolute atomic E-state index is 0.146. The first-order valence-electron chi connectivity index (χ1n) is 8.77. The number of fused-ring (bicyclic) bond motifs is 1. The molecular formula is C18H24N4O3. The number of carbonyl (C=O) groups excluding carboxylic acids is 1. The SMILES string of the molecule is Cc1nn(C)c2ncc(C(=O)NCC(C(=O)O)C3CCCCC3)cc12. The van der Waals surface area contributed by atoms with E-state index in [0.29, 0.717) is 5.56 Å². The molecule has 3 rings (SSSR count). The molecule has 7 nitrogen and oxygen atoms in total. The van der Waals surface area contributed by atoms with Crippen LogP contribution in [-0.2, 0) is 11.8 Å². The van der Waals surface area contributed by atoms with E-state index < -0.39 is 11.9 Å². The molecule has 1 unspecified atom stereocenters. The third-order valence-corrected chi connectivity index (χ3v) is 5.14. The maximum Gasteiger partial charge on any atom is 0.308 e. The summed E-state index contributed by atoms with van der Waals surface area (Å²) in [5, 5.41) is 17.4. The van der Waals surface area contributed by atoms with Crippen LogP contribution in [0.3, 0.4) is 0 Å². The van der Waals surface area contributed by atoms with E-state index in [2.05, 4.69) is 15.4 Å². The van der Waals surface area contributed by atoms with E-state index in [4.69, 9.17) is 0 Å². The van der Waals surface area contributed by atoms with E-state index in [1.165, 1.54) is 12.6 Å². The molecule has 2 aromatic rings. The number of aliphatic carboxylic acids is 1. The molecule has 1 aliphatic carbocycles. The minimum atomic E-state index is -0.830. The Bertz CT molecular complexity index is 793. The summed E-state index contributed by atoms with van der Waals surface area (Å²) in [4.78, 5) is 28.3. The third-order valence-electron chi connectivity index (χ3n) is 5.14. The first-order chi connectivity index (χ1) is 12.0. The van der Waals surface area contributed by atoms with Crippen molar-refractivity contribution < 1.29 is 14.7 Å². The van der Waals surface area contributed by atoms with Crippen molar-refractivity contribution in [2.45, 2.75) is 39.0 Å². The van der Waals surface area contributed by atoms with Crippen LogP contribution in [0.15, 0.2) is 12.3 Å². The molecule has 1 aliphatic rings. The lowest BCUT2D eigenvalue weighted by Gasteiger charge is -2.27. The minimum Gasteiger partial charge on any atom is -0.481 e. The Labute approximate surface area is 146 Å². The highest BCUT2D eigenvalue weighted by atomic mass is 16.4. The van der Waals surface area contributed by atoms with E-state index in [1.54, 1.807) is 10.7 Å². The molecule has 2 N–H and O–H groups in total. The zero-order valence-electron chi connectivity index (χ0n) is 14.7. The maximum absolute atomic E-state index is 12.4. The van der Waals surface area contributed by atoms with Gasteiger partial charge in [-0.3, -0.25) is 14.3 Å². The fraction of sp³-hybridized carbons (Fsp3) is 0.556. The van der Waals surface area contributed by atoms with Gasteiger partial charge in [-0.15, -0.1) is 0 Å². The van der Waals surface area contributed by atoms with Gasteiger partial charge in [0.25, 0.3) is 5.91 Å². The lowest BCUT2D eigenvalue weighted by atomic mass is 9.80. The molecule has 1 saturated carbocycles. The zero-order valence-corrected chi connectivity index (χ0v) is 14.7. The Morgan fingerprint density at radius 2 is 2.08 bits per heavy atom. The number of amides is 1. The van der Waals surface area contributed by atoms with Gasteiger partial charge in [0.15, 0.2) is 5.65 Å². The van der Waals surface area contributed by atoms with Crippen LogP contribution in [0.5, 0.6) is 0 Å². The number of aryl methyl sites for hydroxylation is 2. The standard InChI is InChI=1S/C18H24N4O3/c1-11-14-8-13(9-19-16(14)22(2)21-11)17(23)20-10-15(18(24)25)12-6-4-3-5-7-12/h8-9,12,15H,3-7,10H2,1-2H3,(H,20,23)(H,24,25). The third kappa shape index (κ3) is 3.65. The normalized spacial score (nSPS) is 16.7. The van der Waals surface area contributed by atoms with Crippen LogP contribution in [0.1, 0.15) is 48.2 Å². The summed E-state index contributed by atoms with van der Waals surface area (Å²) in [7, 11) is 1.81. The van der Waals surface area contributed by atoms with Crippen molar-refractivity contribution in [1.82, 2.24) is 20.1 Å². The van der Waals surface area contributed by atoms with Gasteiger partial charge >= 0.3 is 5.97 Å². The highest BCUT2D eigenvalue weighted by Gasteiger charge is 2.29. The van der Waals surface area contributed by atoms with Crippen LogP contribution in [0.2, 0.25) is 0 Å². The van der Waals surface area contributed by atoms with E-state index >= 15 is 0 Å². The Hall–Kier alpha value is -2.44. The van der Waals surface area contributed by atoms with Crippen molar-refractivity contribution >= 4 is 22.9 Å². The number of carboxylic acid groups (broad SMARTS) is 1. The summed E-state index contributed by atoms with van der Waals surface area (Å²) in [5.41, 5.74) is 1.96. The van der Waals surface area contributed by atoms with Gasteiger partial charge in [0, 0.05) is 25.2 Å². The molecule has 0 aromatic carbocycles. The van der Waals surface area contributed by atoms with E-state index in [9.17, 15) is 14.7 Å². The molecule has 7 heteroatoms. The second-order valence-electron chi connectivity index (χ2n) is 6.86. The molecule has 0 radical (unpaired) electrons. The molecule has 134 valence electrons. The first-order valence-corrected chi connectivity index (χ1v) is 8.77. The van der Waals surface area contributed by atoms with Crippen molar-refractivity contribution in [3.05, 3.63) is 23.5 Å². The Kier molecular flexibility index (Phi) is 5.01. The van der Waals surface area contributed by atoms with Crippen LogP contribution >= 0.6 is 0 Å². The number of rotatable bonds is 5. The summed E-state index contributed by atoms with van der Waals surface area (Å²) >= 11 is 0. The fourth-order valence-corrected chi connectivity index (χ4v) is 3.73. The Morgan fingerprint density at radius 1 is 1.36 bits per heavy atom. The predicted molar refractivity (Wildman–Crippen MR) is 93.3 cm³/mol. The molecule has 2 aromatic heterocycles. The monoisotopic (exact) mass is 344 g/mol. The highest BCUT2D eigenvalue weighted by Crippen LogP contribution is 2.30. The largest absolute Gasteiger partial charge is 0.481 e. The molecule has 0 saturated heterocycles. The Morgan fingerprint density at radius 3 is 2.76 bits per heavy atom. The lowest BCUT2D eigenvalue weighted by molar-refractivity contribution is -0.143. The van der Waals surface area contributed by atoms with E-state index in [-0.39, 0.29) is 18.4 Å². The molecule has 25 heavy (non-hydrogen) atoms. The molecule has 1 fully saturated rings. The van der Waals surface area contributed by atoms with Crippen LogP contribution in [0.4, 0.5) is 0 Å². The maximum atomic E-state index is 12.4.